The van der Waals surface area contributed by atoms with E-state index < -0.39 is 0 Å². The molecule has 2 aliphatic rings. The molecule has 0 spiro atoms. The minimum Gasteiger partial charge on any atom is -0.490 e. The highest BCUT2D eigenvalue weighted by Gasteiger charge is 2.36. The van der Waals surface area contributed by atoms with Gasteiger partial charge < -0.3 is 23.8 Å². The lowest BCUT2D eigenvalue weighted by molar-refractivity contribution is 0.0110. The van der Waals surface area contributed by atoms with Gasteiger partial charge in [0.2, 0.25) is 0 Å². The van der Waals surface area contributed by atoms with E-state index in [1.54, 1.807) is 13.2 Å². The van der Waals surface area contributed by atoms with Gasteiger partial charge in [-0.2, -0.15) is 5.10 Å². The number of nitrogens with zero attached hydrogens (tertiary/aromatic N) is 5. The molecule has 39 heavy (non-hydrogen) atoms. The molecule has 1 amide bonds. The number of fused-ring (bicyclic) bond motifs is 1. The van der Waals surface area contributed by atoms with Crippen molar-refractivity contribution in [1.29, 1.82) is 0 Å². The highest BCUT2D eigenvalue weighted by atomic mass is 35.5. The van der Waals surface area contributed by atoms with Crippen LogP contribution in [0.25, 0.3) is 33.6 Å². The number of benzene rings is 2. The second-order valence-corrected chi connectivity index (χ2v) is 10.5. The van der Waals surface area contributed by atoms with Crippen LogP contribution in [0.1, 0.15) is 10.4 Å². The molecule has 4 aromatic rings. The van der Waals surface area contributed by atoms with Gasteiger partial charge in [0.05, 0.1) is 17.1 Å². The number of likely N-dealkylation sites (N-methyl/N-ethyl adjacent to an activating group) is 1. The van der Waals surface area contributed by atoms with E-state index in [-0.39, 0.29) is 5.91 Å². The van der Waals surface area contributed by atoms with Gasteiger partial charge in [-0.1, -0.05) is 28.9 Å². The maximum absolute atomic E-state index is 13.0. The number of piperazine rings is 1. The molecule has 2 saturated heterocycles. The number of carbonyl (C=O) groups excluding carboxylic acids is 1. The molecule has 10 nitrogen and oxygen atoms in total. The van der Waals surface area contributed by atoms with E-state index in [1.807, 2.05) is 41.3 Å². The number of ether oxygens (including phenoxy) is 2. The van der Waals surface area contributed by atoms with Gasteiger partial charge in [-0.3, -0.25) is 14.8 Å². The number of nitrogens with one attached hydrogen (secondary N) is 1. The van der Waals surface area contributed by atoms with Gasteiger partial charge in [0.15, 0.2) is 5.76 Å². The normalized spacial score (nSPS) is 17.1. The quantitative estimate of drug-likeness (QED) is 0.332. The Bertz CT molecular complexity index is 1450. The van der Waals surface area contributed by atoms with Crippen LogP contribution < -0.4 is 4.74 Å². The largest absolute Gasteiger partial charge is 0.490 e. The van der Waals surface area contributed by atoms with Crippen LogP contribution in [0.4, 0.5) is 0 Å². The average molecular weight is 551 g/mol. The second kappa shape index (κ2) is 11.0. The number of likely N-dealkylation sites (tertiary alicyclic amines) is 1. The molecule has 0 radical (unpaired) electrons. The number of hydrogen-bond donors (Lipinski definition) is 1. The van der Waals surface area contributed by atoms with E-state index in [1.165, 1.54) is 0 Å². The molecule has 0 bridgehead atoms. The predicted molar refractivity (Wildman–Crippen MR) is 148 cm³/mol. The first kappa shape index (κ1) is 25.8. The molecule has 6 rings (SSSR count). The summed E-state index contributed by atoms with van der Waals surface area (Å²) >= 11 is 6.44. The summed E-state index contributed by atoms with van der Waals surface area (Å²) in [4.78, 5) is 19.8. The zero-order valence-electron chi connectivity index (χ0n) is 22.0. The lowest BCUT2D eigenvalue weighted by atomic mass is 10.0. The summed E-state index contributed by atoms with van der Waals surface area (Å²) in [6.45, 7) is 6.77. The van der Waals surface area contributed by atoms with Crippen molar-refractivity contribution in [2.75, 3.05) is 66.6 Å². The molecule has 0 aliphatic carbocycles. The standard InChI is InChI=1S/C28H31ClN6O4/c1-33-7-9-34(10-8-33)20-16-35(17-20)28(36)19-5-3-18(4-6-19)23-14-26(39-32-23)27-21-13-22(29)25(38-12-11-37-2)15-24(21)30-31-27/h3-6,13-15,20H,7-12,16-17H2,1-2H3,(H,30,31). The molecule has 2 aromatic carbocycles. The van der Waals surface area contributed by atoms with Crippen LogP contribution in [-0.2, 0) is 4.74 Å². The Labute approximate surface area is 231 Å². The topological polar surface area (TPSA) is 100.0 Å². The molecule has 0 saturated carbocycles. The summed E-state index contributed by atoms with van der Waals surface area (Å²) in [5.74, 6) is 1.13. The second-order valence-electron chi connectivity index (χ2n) is 10.1. The maximum atomic E-state index is 13.0. The molecule has 4 heterocycles. The minimum absolute atomic E-state index is 0.0678. The molecule has 204 valence electrons. The summed E-state index contributed by atoms with van der Waals surface area (Å²) < 4.78 is 16.3. The van der Waals surface area contributed by atoms with Gasteiger partial charge in [-0.05, 0) is 25.2 Å². The maximum Gasteiger partial charge on any atom is 0.253 e. The lowest BCUT2D eigenvalue weighted by Gasteiger charge is -2.47. The fourth-order valence-electron chi connectivity index (χ4n) is 5.08. The number of amides is 1. The van der Waals surface area contributed by atoms with Gasteiger partial charge in [-0.25, -0.2) is 0 Å². The Kier molecular flexibility index (Phi) is 7.26. The average Bonchev–Trinajstić information content (AvgIpc) is 3.56. The van der Waals surface area contributed by atoms with Gasteiger partial charge in [0.1, 0.15) is 23.7 Å². The molecular weight excluding hydrogens is 520 g/mol. The first-order valence-corrected chi connectivity index (χ1v) is 13.5. The summed E-state index contributed by atoms with van der Waals surface area (Å²) in [7, 11) is 3.77. The van der Waals surface area contributed by atoms with Gasteiger partial charge in [-0.15, -0.1) is 0 Å². The molecule has 2 aromatic heterocycles. The molecule has 1 N–H and O–H groups in total. The van der Waals surface area contributed by atoms with Crippen LogP contribution in [0.3, 0.4) is 0 Å². The van der Waals surface area contributed by atoms with E-state index in [0.29, 0.717) is 52.7 Å². The first-order chi connectivity index (χ1) is 19.0. The molecule has 0 unspecified atom stereocenters. The molecule has 11 heteroatoms. The molecular formula is C28H31ClN6O4. The number of hydrogen-bond acceptors (Lipinski definition) is 8. The third-order valence-corrected chi connectivity index (χ3v) is 7.83. The third-order valence-electron chi connectivity index (χ3n) is 7.54. The number of methoxy groups -OCH3 is 1. The number of rotatable bonds is 8. The lowest BCUT2D eigenvalue weighted by Crippen LogP contribution is -2.63. The van der Waals surface area contributed by atoms with Crippen molar-refractivity contribution in [3.8, 4) is 28.5 Å². The molecule has 0 atom stereocenters. The fourth-order valence-corrected chi connectivity index (χ4v) is 5.30. The van der Waals surface area contributed by atoms with Crippen molar-refractivity contribution in [2.45, 2.75) is 6.04 Å². The van der Waals surface area contributed by atoms with Crippen LogP contribution >= 0.6 is 11.6 Å². The highest BCUT2D eigenvalue weighted by molar-refractivity contribution is 6.33. The molecule has 2 fully saturated rings. The van der Waals surface area contributed by atoms with Gasteiger partial charge in [0.25, 0.3) is 5.91 Å². The Balaban J connectivity index is 1.11. The number of aromatic nitrogens is 3. The van der Waals surface area contributed by atoms with Crippen molar-refractivity contribution in [3.63, 3.8) is 0 Å². The smallest absolute Gasteiger partial charge is 0.253 e. The van der Waals surface area contributed by atoms with Crippen LogP contribution in [0, 0.1) is 0 Å². The third kappa shape index (κ3) is 5.25. The van der Waals surface area contributed by atoms with E-state index in [2.05, 4.69) is 32.2 Å². The summed E-state index contributed by atoms with van der Waals surface area (Å²) in [6.07, 6.45) is 0. The van der Waals surface area contributed by atoms with Crippen molar-refractivity contribution in [1.82, 2.24) is 30.1 Å². The van der Waals surface area contributed by atoms with Gasteiger partial charge >= 0.3 is 0 Å². The van der Waals surface area contributed by atoms with Crippen molar-refractivity contribution in [3.05, 3.63) is 53.1 Å². The van der Waals surface area contributed by atoms with Crippen LogP contribution in [0.5, 0.6) is 5.75 Å². The van der Waals surface area contributed by atoms with E-state index >= 15 is 0 Å². The summed E-state index contributed by atoms with van der Waals surface area (Å²) in [5.41, 5.74) is 3.56. The number of H-pyrrole nitrogens is 1. The van der Waals surface area contributed by atoms with Crippen molar-refractivity contribution in [2.24, 2.45) is 0 Å². The zero-order chi connectivity index (χ0) is 26.9. The number of halogens is 1. The van der Waals surface area contributed by atoms with E-state index in [9.17, 15) is 4.79 Å². The highest BCUT2D eigenvalue weighted by Crippen LogP contribution is 2.35. The number of aromatic amines is 1. The molecule has 2 aliphatic heterocycles. The SMILES string of the molecule is COCCOc1cc2[nH]nc(-c3cc(-c4ccc(C(=O)N5CC(N6CCN(C)CC6)C5)cc4)no3)c2cc1Cl. The Hall–Kier alpha value is -3.44. The van der Waals surface area contributed by atoms with Crippen LogP contribution in [0.15, 0.2) is 47.0 Å². The first-order valence-electron chi connectivity index (χ1n) is 13.1. The van der Waals surface area contributed by atoms with E-state index in [4.69, 9.17) is 25.6 Å². The van der Waals surface area contributed by atoms with Crippen molar-refractivity contribution < 1.29 is 18.8 Å². The Morgan fingerprint density at radius 2 is 1.87 bits per heavy atom. The van der Waals surface area contributed by atoms with Crippen LogP contribution in [0.2, 0.25) is 5.02 Å². The van der Waals surface area contributed by atoms with Crippen molar-refractivity contribution >= 4 is 28.4 Å². The minimum atomic E-state index is 0.0678. The summed E-state index contributed by atoms with van der Waals surface area (Å²) in [6, 6.07) is 13.4. The Morgan fingerprint density at radius 1 is 1.10 bits per heavy atom. The monoisotopic (exact) mass is 550 g/mol. The predicted octanol–water partition coefficient (Wildman–Crippen LogP) is 3.64. The number of carbonyl (C=O) groups is 1. The van der Waals surface area contributed by atoms with E-state index in [0.717, 1.165) is 55.7 Å². The van der Waals surface area contributed by atoms with Gasteiger partial charge in [0, 0.05) is 81.1 Å². The zero-order valence-corrected chi connectivity index (χ0v) is 22.8. The van der Waals surface area contributed by atoms with Crippen LogP contribution in [-0.4, -0.2) is 109 Å². The fraction of sp³-hybridized carbons (Fsp3) is 0.393. The summed E-state index contributed by atoms with van der Waals surface area (Å²) in [5, 5.41) is 12.9. The Morgan fingerprint density at radius 3 is 2.62 bits per heavy atom.